The van der Waals surface area contributed by atoms with Gasteiger partial charge in [-0.05, 0) is 24.3 Å². The predicted molar refractivity (Wildman–Crippen MR) is 54.0 cm³/mol. The van der Waals surface area contributed by atoms with Crippen molar-refractivity contribution in [2.75, 3.05) is 5.32 Å². The molecule has 1 radical (unpaired) electrons. The predicted octanol–water partition coefficient (Wildman–Crippen LogP) is 1.86. The van der Waals surface area contributed by atoms with Crippen molar-refractivity contribution < 1.29 is 9.53 Å². The molecule has 3 nitrogen and oxygen atoms in total. The van der Waals surface area contributed by atoms with Crippen molar-refractivity contribution in [2.45, 2.75) is 6.92 Å². The zero-order valence-corrected chi connectivity index (χ0v) is 7.85. The van der Waals surface area contributed by atoms with Crippen molar-refractivity contribution >= 4 is 29.4 Å². The van der Waals surface area contributed by atoms with Gasteiger partial charge in [0.05, 0.1) is 0 Å². The summed E-state index contributed by atoms with van der Waals surface area (Å²) in [4.78, 5) is 10.6. The van der Waals surface area contributed by atoms with Gasteiger partial charge in [-0.25, -0.2) is 0 Å². The number of thiocarbonyl (C=S) groups is 1. The molecule has 0 atom stereocenters. The molecule has 0 unspecified atom stereocenters. The molecule has 0 fully saturated rings. The quantitative estimate of drug-likeness (QED) is 0.345. The smallest absolute Gasteiger partial charge is 0.308 e. The number of carbonyl (C=O) groups is 1. The number of hydrogen-bond donors (Lipinski definition) is 1. The molecule has 1 aromatic carbocycles. The van der Waals surface area contributed by atoms with E-state index in [-0.39, 0.29) is 5.97 Å². The van der Waals surface area contributed by atoms with E-state index >= 15 is 0 Å². The Morgan fingerprint density at radius 1 is 1.46 bits per heavy atom. The van der Waals surface area contributed by atoms with E-state index in [1.54, 1.807) is 24.3 Å². The largest absolute Gasteiger partial charge is 0.427 e. The molecule has 1 N–H and O–H groups in total. The molecule has 0 aliphatic rings. The van der Waals surface area contributed by atoms with Crippen LogP contribution in [-0.4, -0.2) is 11.5 Å². The fraction of sp³-hybridized carbons (Fsp3) is 0.111. The molecule has 4 heteroatoms. The number of carbonyl (C=O) groups excluding carboxylic acids is 1. The summed E-state index contributed by atoms with van der Waals surface area (Å²) in [5.41, 5.74) is 3.18. The van der Waals surface area contributed by atoms with E-state index in [9.17, 15) is 4.79 Å². The molecule has 67 valence electrons. The van der Waals surface area contributed by atoms with Crippen molar-refractivity contribution in [1.82, 2.24) is 0 Å². The first-order valence-electron chi connectivity index (χ1n) is 3.64. The van der Waals surface area contributed by atoms with Crippen LogP contribution >= 0.6 is 12.2 Å². The molecule has 0 spiro atoms. The van der Waals surface area contributed by atoms with Crippen LogP contribution in [0.5, 0.6) is 5.75 Å². The summed E-state index contributed by atoms with van der Waals surface area (Å²) < 4.78 is 4.83. The summed E-state index contributed by atoms with van der Waals surface area (Å²) in [5, 5.41) is 2.71. The van der Waals surface area contributed by atoms with E-state index < -0.39 is 0 Å². The van der Waals surface area contributed by atoms with Crippen LogP contribution in [0.15, 0.2) is 24.3 Å². The highest BCUT2D eigenvalue weighted by Crippen LogP contribution is 2.14. The Balaban J connectivity index is 2.69. The van der Waals surface area contributed by atoms with Crippen LogP contribution < -0.4 is 10.1 Å². The Hall–Kier alpha value is -1.42. The maximum absolute atomic E-state index is 10.6. The highest BCUT2D eigenvalue weighted by atomic mass is 32.1. The Labute approximate surface area is 81.7 Å². The topological polar surface area (TPSA) is 38.3 Å². The summed E-state index contributed by atoms with van der Waals surface area (Å²) >= 11 is 4.49. The third kappa shape index (κ3) is 3.21. The van der Waals surface area contributed by atoms with Gasteiger partial charge in [-0.2, -0.15) is 0 Å². The van der Waals surface area contributed by atoms with Crippen molar-refractivity contribution in [3.05, 3.63) is 24.3 Å². The molecule has 0 saturated carbocycles. The van der Waals surface area contributed by atoms with E-state index in [1.807, 2.05) is 0 Å². The van der Waals surface area contributed by atoms with Gasteiger partial charge in [0.25, 0.3) is 0 Å². The van der Waals surface area contributed by atoms with E-state index in [4.69, 9.17) is 4.74 Å². The summed E-state index contributed by atoms with van der Waals surface area (Å²) in [6.45, 7) is 1.36. The third-order valence-electron chi connectivity index (χ3n) is 1.31. The van der Waals surface area contributed by atoms with Gasteiger partial charge < -0.3 is 10.1 Å². The average molecular weight is 194 g/mol. The van der Waals surface area contributed by atoms with Gasteiger partial charge in [0, 0.05) is 12.6 Å². The van der Waals surface area contributed by atoms with Crippen LogP contribution in [0.4, 0.5) is 5.69 Å². The lowest BCUT2D eigenvalue weighted by molar-refractivity contribution is -0.131. The summed E-state index contributed by atoms with van der Waals surface area (Å²) in [6.07, 6.45) is 0. The number of anilines is 1. The first kappa shape index (κ1) is 9.67. The minimum absolute atomic E-state index is 0.331. The highest BCUT2D eigenvalue weighted by molar-refractivity contribution is 7.79. The van der Waals surface area contributed by atoms with Gasteiger partial charge in [-0.15, -0.1) is 0 Å². The third-order valence-corrected chi connectivity index (χ3v) is 1.41. The number of esters is 1. The summed E-state index contributed by atoms with van der Waals surface area (Å²) in [6, 6.07) is 6.85. The van der Waals surface area contributed by atoms with Crippen LogP contribution in [0.25, 0.3) is 0 Å². The fourth-order valence-corrected chi connectivity index (χ4v) is 0.949. The SMILES string of the molecule is CC(=O)Oc1ccc(N[C]=S)cc1. The first-order valence-corrected chi connectivity index (χ1v) is 4.05. The van der Waals surface area contributed by atoms with Crippen molar-refractivity contribution in [1.29, 1.82) is 0 Å². The molecule has 0 amide bonds. The van der Waals surface area contributed by atoms with Crippen LogP contribution in [-0.2, 0) is 4.79 Å². The lowest BCUT2D eigenvalue weighted by atomic mass is 10.3. The first-order chi connectivity index (χ1) is 6.22. The molecular weight excluding hydrogens is 186 g/mol. The summed E-state index contributed by atoms with van der Waals surface area (Å²) in [7, 11) is 0. The number of ether oxygens (including phenoxy) is 1. The van der Waals surface area contributed by atoms with Crippen molar-refractivity contribution in [3.8, 4) is 5.75 Å². The van der Waals surface area contributed by atoms with Gasteiger partial charge in [0.2, 0.25) is 0 Å². The molecule has 13 heavy (non-hydrogen) atoms. The van der Waals surface area contributed by atoms with Crippen molar-refractivity contribution in [2.24, 2.45) is 0 Å². The Bertz CT molecular complexity index is 308. The summed E-state index contributed by atoms with van der Waals surface area (Å²) in [5.74, 6) is 0.185. The highest BCUT2D eigenvalue weighted by Gasteiger charge is 1.96. The van der Waals surface area contributed by atoms with Gasteiger partial charge in [0.15, 0.2) is 0 Å². The number of benzene rings is 1. The molecule has 0 aliphatic carbocycles. The van der Waals surface area contributed by atoms with E-state index in [2.05, 4.69) is 23.0 Å². The van der Waals surface area contributed by atoms with Gasteiger partial charge in [-0.3, -0.25) is 4.79 Å². The molecule has 1 aromatic rings. The lowest BCUT2D eigenvalue weighted by Gasteiger charge is -2.02. The Morgan fingerprint density at radius 3 is 2.54 bits per heavy atom. The van der Waals surface area contributed by atoms with E-state index in [0.29, 0.717) is 5.75 Å². The van der Waals surface area contributed by atoms with Crippen LogP contribution in [0.1, 0.15) is 6.92 Å². The Morgan fingerprint density at radius 2 is 2.08 bits per heavy atom. The standard InChI is InChI=1S/C9H8NO2S/c1-7(11)12-9-4-2-8(3-5-9)10-6-13/h2-5H,1H3,(H,10,13). The van der Waals surface area contributed by atoms with Crippen LogP contribution in [0.2, 0.25) is 0 Å². The minimum Gasteiger partial charge on any atom is -0.427 e. The van der Waals surface area contributed by atoms with Gasteiger partial charge in [0.1, 0.15) is 11.2 Å². The van der Waals surface area contributed by atoms with Crippen LogP contribution in [0.3, 0.4) is 0 Å². The molecule has 0 aliphatic heterocycles. The second-order valence-corrected chi connectivity index (χ2v) is 2.55. The lowest BCUT2D eigenvalue weighted by Crippen LogP contribution is -2.01. The average Bonchev–Trinajstić information content (AvgIpc) is 2.08. The molecule has 1 rings (SSSR count). The monoisotopic (exact) mass is 194 g/mol. The van der Waals surface area contributed by atoms with E-state index in [1.165, 1.54) is 6.92 Å². The zero-order chi connectivity index (χ0) is 9.68. The molecule has 0 aromatic heterocycles. The van der Waals surface area contributed by atoms with Gasteiger partial charge in [-0.1, -0.05) is 12.2 Å². The molecular formula is C9H8NO2S. The van der Waals surface area contributed by atoms with Gasteiger partial charge >= 0.3 is 5.97 Å². The maximum atomic E-state index is 10.6. The fourth-order valence-electron chi connectivity index (χ4n) is 0.831. The second-order valence-electron chi connectivity index (χ2n) is 2.35. The zero-order valence-electron chi connectivity index (χ0n) is 7.03. The van der Waals surface area contributed by atoms with Crippen molar-refractivity contribution in [3.63, 3.8) is 0 Å². The maximum Gasteiger partial charge on any atom is 0.308 e. The number of hydrogen-bond acceptors (Lipinski definition) is 3. The number of nitrogens with one attached hydrogen (secondary N) is 1. The van der Waals surface area contributed by atoms with Crippen LogP contribution in [0, 0.1) is 0 Å². The Kier molecular flexibility index (Phi) is 3.40. The molecule has 0 saturated heterocycles. The number of rotatable bonds is 3. The normalized spacial score (nSPS) is 9.00. The second kappa shape index (κ2) is 4.57. The minimum atomic E-state index is -0.331. The molecule has 0 heterocycles. The molecule has 0 bridgehead atoms. The van der Waals surface area contributed by atoms with E-state index in [0.717, 1.165) is 5.69 Å².